The van der Waals surface area contributed by atoms with Crippen molar-refractivity contribution in [1.29, 1.82) is 0 Å². The first-order chi connectivity index (χ1) is 6.50. The van der Waals surface area contributed by atoms with Crippen molar-refractivity contribution in [1.82, 2.24) is 0 Å². The Morgan fingerprint density at radius 2 is 2.14 bits per heavy atom. The Labute approximate surface area is 87.6 Å². The van der Waals surface area contributed by atoms with Gasteiger partial charge in [-0.05, 0) is 5.56 Å². The predicted molar refractivity (Wildman–Crippen MR) is 49.5 cm³/mol. The summed E-state index contributed by atoms with van der Waals surface area (Å²) in [7, 11) is 0. The Morgan fingerprint density at radius 3 is 2.57 bits per heavy atom. The number of benzene rings is 1. The summed E-state index contributed by atoms with van der Waals surface area (Å²) < 4.78 is 0.399. The van der Waals surface area contributed by atoms with E-state index in [4.69, 9.17) is 0 Å². The summed E-state index contributed by atoms with van der Waals surface area (Å²) in [6.45, 7) is 0. The molecule has 0 aromatic heterocycles. The van der Waals surface area contributed by atoms with Gasteiger partial charge in [0, 0.05) is 29.0 Å². The number of halogens is 1. The number of nitro benzene ring substituents is 1. The first-order valence-electron chi connectivity index (χ1n) is 3.63. The van der Waals surface area contributed by atoms with E-state index in [9.17, 15) is 20.0 Å². The first-order valence-corrected chi connectivity index (χ1v) is 4.42. The molecule has 0 atom stereocenters. The van der Waals surface area contributed by atoms with E-state index in [2.05, 4.69) is 15.9 Å². The second kappa shape index (κ2) is 4.19. The Bertz CT molecular complexity index is 391. The second-order valence-electron chi connectivity index (χ2n) is 2.58. The number of carboxylic acids is 1. The maximum absolute atomic E-state index is 10.3. The van der Waals surface area contributed by atoms with Crippen LogP contribution in [0.25, 0.3) is 0 Å². The lowest BCUT2D eigenvalue weighted by molar-refractivity contribution is -0.385. The van der Waals surface area contributed by atoms with Gasteiger partial charge in [0.05, 0.1) is 4.92 Å². The monoisotopic (exact) mass is 258 g/mol. The summed E-state index contributed by atoms with van der Waals surface area (Å²) in [5.74, 6) is -1.22. The van der Waals surface area contributed by atoms with Gasteiger partial charge in [0.25, 0.3) is 5.69 Å². The molecule has 0 aliphatic rings. The number of carboxylic acid groups (broad SMARTS) is 1. The van der Waals surface area contributed by atoms with Crippen LogP contribution >= 0.6 is 15.9 Å². The normalized spacial score (nSPS) is 9.79. The number of aliphatic carboxylic acids is 1. The van der Waals surface area contributed by atoms with Gasteiger partial charge in [0.2, 0.25) is 0 Å². The highest BCUT2D eigenvalue weighted by Crippen LogP contribution is 2.23. The van der Waals surface area contributed by atoms with Crippen molar-refractivity contribution in [2.75, 3.05) is 0 Å². The maximum Gasteiger partial charge on any atom is 0.270 e. The summed E-state index contributed by atoms with van der Waals surface area (Å²) in [6, 6.07) is 3.90. The molecule has 1 rings (SSSR count). The molecule has 0 spiro atoms. The molecule has 0 amide bonds. The quantitative estimate of drug-likeness (QED) is 0.589. The average Bonchev–Trinajstić information content (AvgIpc) is 2.07. The largest absolute Gasteiger partial charge is 0.550 e. The first kappa shape index (κ1) is 10.6. The molecular formula is C8H5BrNO4-. The zero-order valence-electron chi connectivity index (χ0n) is 6.90. The lowest BCUT2D eigenvalue weighted by Gasteiger charge is -2.04. The molecule has 0 bridgehead atoms. The van der Waals surface area contributed by atoms with Crippen molar-refractivity contribution in [3.05, 3.63) is 38.3 Å². The van der Waals surface area contributed by atoms with E-state index >= 15 is 0 Å². The van der Waals surface area contributed by atoms with Crippen LogP contribution in [-0.2, 0) is 11.2 Å². The maximum atomic E-state index is 10.3. The van der Waals surface area contributed by atoms with Crippen molar-refractivity contribution >= 4 is 27.6 Å². The van der Waals surface area contributed by atoms with E-state index < -0.39 is 10.9 Å². The predicted octanol–water partition coefficient (Wildman–Crippen LogP) is 0.650. The molecule has 0 fully saturated rings. The second-order valence-corrected chi connectivity index (χ2v) is 3.44. The van der Waals surface area contributed by atoms with Gasteiger partial charge in [-0.3, -0.25) is 10.1 Å². The molecule has 0 unspecified atom stereocenters. The van der Waals surface area contributed by atoms with Crippen LogP contribution < -0.4 is 5.11 Å². The Kier molecular flexibility index (Phi) is 3.19. The molecule has 0 heterocycles. The minimum absolute atomic E-state index is 0.0843. The lowest BCUT2D eigenvalue weighted by Crippen LogP contribution is -2.24. The summed E-state index contributed by atoms with van der Waals surface area (Å²) >= 11 is 3.05. The SMILES string of the molecule is O=C([O-])Cc1ccc([N+](=O)[O-])cc1Br. The topological polar surface area (TPSA) is 83.3 Å². The van der Waals surface area contributed by atoms with Crippen LogP contribution in [0.15, 0.2) is 22.7 Å². The molecule has 0 saturated carbocycles. The molecule has 6 heteroatoms. The van der Waals surface area contributed by atoms with Crippen LogP contribution in [0.3, 0.4) is 0 Å². The number of carbonyl (C=O) groups excluding carboxylic acids is 1. The molecular weight excluding hydrogens is 254 g/mol. The minimum atomic E-state index is -1.22. The van der Waals surface area contributed by atoms with E-state index in [1.54, 1.807) is 0 Å². The number of rotatable bonds is 3. The molecule has 0 saturated heterocycles. The fourth-order valence-electron chi connectivity index (χ4n) is 0.949. The van der Waals surface area contributed by atoms with Gasteiger partial charge >= 0.3 is 0 Å². The van der Waals surface area contributed by atoms with Crippen molar-refractivity contribution in [3.63, 3.8) is 0 Å². The average molecular weight is 259 g/mol. The fourth-order valence-corrected chi connectivity index (χ4v) is 1.46. The Hall–Kier alpha value is -1.43. The molecule has 74 valence electrons. The molecule has 5 nitrogen and oxygen atoms in total. The number of nitro groups is 1. The molecule has 1 aromatic carbocycles. The van der Waals surface area contributed by atoms with Crippen LogP contribution in [0.4, 0.5) is 5.69 Å². The zero-order chi connectivity index (χ0) is 10.7. The number of carbonyl (C=O) groups is 1. The third-order valence-electron chi connectivity index (χ3n) is 1.58. The minimum Gasteiger partial charge on any atom is -0.550 e. The Balaban J connectivity index is 3.01. The summed E-state index contributed by atoms with van der Waals surface area (Å²) in [5.41, 5.74) is 0.370. The smallest absolute Gasteiger partial charge is 0.270 e. The van der Waals surface area contributed by atoms with Crippen molar-refractivity contribution in [2.45, 2.75) is 6.42 Å². The summed E-state index contributed by atoms with van der Waals surface area (Å²) in [5, 5.41) is 20.6. The summed E-state index contributed by atoms with van der Waals surface area (Å²) in [4.78, 5) is 20.1. The van der Waals surface area contributed by atoms with Crippen molar-refractivity contribution in [2.24, 2.45) is 0 Å². The van der Waals surface area contributed by atoms with Crippen molar-refractivity contribution in [3.8, 4) is 0 Å². The standard InChI is InChI=1S/C8H6BrNO4/c9-7-4-6(10(13)14)2-1-5(7)3-8(11)12/h1-2,4H,3H2,(H,11,12)/p-1. The van der Waals surface area contributed by atoms with Crippen LogP contribution in [0.2, 0.25) is 0 Å². The van der Waals surface area contributed by atoms with Crippen LogP contribution in [0, 0.1) is 10.1 Å². The van der Waals surface area contributed by atoms with Gasteiger partial charge in [-0.2, -0.15) is 0 Å². The number of non-ortho nitro benzene ring substituents is 1. The van der Waals surface area contributed by atoms with Gasteiger partial charge in [-0.1, -0.05) is 22.0 Å². The number of hydrogen-bond donors (Lipinski definition) is 0. The molecule has 0 N–H and O–H groups in total. The van der Waals surface area contributed by atoms with Crippen molar-refractivity contribution < 1.29 is 14.8 Å². The molecule has 0 radical (unpaired) electrons. The van der Waals surface area contributed by atoms with Crippen LogP contribution in [-0.4, -0.2) is 10.9 Å². The highest BCUT2D eigenvalue weighted by atomic mass is 79.9. The highest BCUT2D eigenvalue weighted by molar-refractivity contribution is 9.10. The van der Waals surface area contributed by atoms with Gasteiger partial charge < -0.3 is 9.90 Å². The van der Waals surface area contributed by atoms with Gasteiger partial charge in [-0.15, -0.1) is 0 Å². The van der Waals surface area contributed by atoms with E-state index in [1.165, 1.54) is 18.2 Å². The third-order valence-corrected chi connectivity index (χ3v) is 2.32. The molecule has 0 aliphatic carbocycles. The number of nitrogens with zero attached hydrogens (tertiary/aromatic N) is 1. The highest BCUT2D eigenvalue weighted by Gasteiger charge is 2.08. The third kappa shape index (κ3) is 2.53. The Morgan fingerprint density at radius 1 is 1.50 bits per heavy atom. The van der Waals surface area contributed by atoms with Crippen LogP contribution in [0.1, 0.15) is 5.56 Å². The van der Waals surface area contributed by atoms with E-state index in [-0.39, 0.29) is 12.1 Å². The van der Waals surface area contributed by atoms with E-state index in [0.717, 1.165) is 0 Å². The van der Waals surface area contributed by atoms with Gasteiger partial charge in [-0.25, -0.2) is 0 Å². The zero-order valence-corrected chi connectivity index (χ0v) is 8.48. The lowest BCUT2D eigenvalue weighted by atomic mass is 10.1. The molecule has 0 aliphatic heterocycles. The van der Waals surface area contributed by atoms with E-state index in [1.807, 2.05) is 0 Å². The summed E-state index contributed by atoms with van der Waals surface area (Å²) in [6.07, 6.45) is -0.265. The van der Waals surface area contributed by atoms with Gasteiger partial charge in [0.1, 0.15) is 0 Å². The molecule has 1 aromatic rings. The fraction of sp³-hybridized carbons (Fsp3) is 0.125. The molecule has 14 heavy (non-hydrogen) atoms. The van der Waals surface area contributed by atoms with Crippen LogP contribution in [0.5, 0.6) is 0 Å². The van der Waals surface area contributed by atoms with E-state index in [0.29, 0.717) is 10.0 Å². The van der Waals surface area contributed by atoms with Gasteiger partial charge in [0.15, 0.2) is 0 Å². The number of hydrogen-bond acceptors (Lipinski definition) is 4.